The summed E-state index contributed by atoms with van der Waals surface area (Å²) in [6, 6.07) is 0. The van der Waals surface area contributed by atoms with E-state index in [4.69, 9.17) is 4.74 Å². The van der Waals surface area contributed by atoms with Crippen LogP contribution in [0.25, 0.3) is 0 Å². The fraction of sp³-hybridized carbons (Fsp3) is 0.500. The van der Waals surface area contributed by atoms with Gasteiger partial charge < -0.3 is 10.1 Å². The molecule has 0 saturated carbocycles. The number of aromatic nitrogens is 2. The number of nitrogens with one attached hydrogen (secondary N) is 1. The van der Waals surface area contributed by atoms with E-state index in [0.29, 0.717) is 13.2 Å². The van der Waals surface area contributed by atoms with Crippen molar-refractivity contribution in [2.45, 2.75) is 6.18 Å². The third-order valence-corrected chi connectivity index (χ3v) is 1.57. The summed E-state index contributed by atoms with van der Waals surface area (Å²) in [5, 5.41) is 2.71. The minimum atomic E-state index is -4.40. The molecule has 0 amide bonds. The summed E-state index contributed by atoms with van der Waals surface area (Å²) in [7, 11) is 1.52. The van der Waals surface area contributed by atoms with Crippen LogP contribution in [0.3, 0.4) is 0 Å². The van der Waals surface area contributed by atoms with Crippen LogP contribution < -0.4 is 5.32 Å². The Morgan fingerprint density at radius 2 is 1.93 bits per heavy atom. The fourth-order valence-electron chi connectivity index (χ4n) is 0.831. The first-order valence-corrected chi connectivity index (χ1v) is 4.16. The number of rotatable bonds is 4. The van der Waals surface area contributed by atoms with Gasteiger partial charge in [-0.25, -0.2) is 9.97 Å². The lowest BCUT2D eigenvalue weighted by Crippen LogP contribution is -2.12. The maximum Gasteiger partial charge on any atom is 0.419 e. The first-order chi connectivity index (χ1) is 7.04. The molecule has 1 aromatic heterocycles. The molecule has 0 radical (unpaired) electrons. The van der Waals surface area contributed by atoms with Gasteiger partial charge in [-0.2, -0.15) is 13.2 Å². The fourth-order valence-corrected chi connectivity index (χ4v) is 0.831. The van der Waals surface area contributed by atoms with Gasteiger partial charge in [0.25, 0.3) is 0 Å². The van der Waals surface area contributed by atoms with E-state index in [9.17, 15) is 13.2 Å². The van der Waals surface area contributed by atoms with E-state index in [1.807, 2.05) is 0 Å². The summed E-state index contributed by atoms with van der Waals surface area (Å²) in [6.07, 6.45) is -2.92. The number of methoxy groups -OCH3 is 1. The van der Waals surface area contributed by atoms with Gasteiger partial charge >= 0.3 is 6.18 Å². The Morgan fingerprint density at radius 1 is 1.33 bits per heavy atom. The largest absolute Gasteiger partial charge is 0.419 e. The van der Waals surface area contributed by atoms with Gasteiger partial charge in [-0.1, -0.05) is 0 Å². The van der Waals surface area contributed by atoms with E-state index in [0.717, 1.165) is 12.4 Å². The van der Waals surface area contributed by atoms with Crippen LogP contribution in [-0.4, -0.2) is 30.2 Å². The number of ether oxygens (including phenoxy) is 1. The molecule has 0 saturated heterocycles. The molecule has 0 bridgehead atoms. The molecule has 0 spiro atoms. The number of halogens is 3. The van der Waals surface area contributed by atoms with Crippen molar-refractivity contribution in [2.75, 3.05) is 25.6 Å². The molecule has 0 unspecified atom stereocenters. The average molecular weight is 221 g/mol. The molecule has 1 N–H and O–H groups in total. The SMILES string of the molecule is COCCNc1ncc(C(F)(F)F)cn1. The lowest BCUT2D eigenvalue weighted by atomic mass is 10.3. The molecule has 0 fully saturated rings. The van der Waals surface area contributed by atoms with Crippen LogP contribution in [0.4, 0.5) is 19.1 Å². The van der Waals surface area contributed by atoms with Gasteiger partial charge in [0.05, 0.1) is 12.2 Å². The predicted octanol–water partition coefficient (Wildman–Crippen LogP) is 1.55. The predicted molar refractivity (Wildman–Crippen MR) is 47.4 cm³/mol. The average Bonchev–Trinajstić information content (AvgIpc) is 2.18. The van der Waals surface area contributed by atoms with E-state index in [2.05, 4.69) is 15.3 Å². The van der Waals surface area contributed by atoms with Crippen molar-refractivity contribution in [2.24, 2.45) is 0 Å². The standard InChI is InChI=1S/C8H10F3N3O/c1-15-3-2-12-7-13-4-6(5-14-7)8(9,10)11/h4-5H,2-3H2,1H3,(H,12,13,14). The van der Waals surface area contributed by atoms with Crippen LogP contribution in [0.1, 0.15) is 5.56 Å². The van der Waals surface area contributed by atoms with Gasteiger partial charge in [0.2, 0.25) is 5.95 Å². The molecule has 4 nitrogen and oxygen atoms in total. The lowest BCUT2D eigenvalue weighted by molar-refractivity contribution is -0.138. The zero-order valence-electron chi connectivity index (χ0n) is 8.01. The second kappa shape index (κ2) is 4.92. The quantitative estimate of drug-likeness (QED) is 0.783. The van der Waals surface area contributed by atoms with Crippen molar-refractivity contribution in [3.63, 3.8) is 0 Å². The van der Waals surface area contributed by atoms with Gasteiger partial charge in [0, 0.05) is 26.0 Å². The number of nitrogens with zero attached hydrogens (tertiary/aromatic N) is 2. The third-order valence-electron chi connectivity index (χ3n) is 1.57. The second-order valence-electron chi connectivity index (χ2n) is 2.71. The highest BCUT2D eigenvalue weighted by Gasteiger charge is 2.31. The van der Waals surface area contributed by atoms with Crippen LogP contribution in [0.2, 0.25) is 0 Å². The summed E-state index contributed by atoms with van der Waals surface area (Å²) in [4.78, 5) is 7.04. The Kier molecular flexibility index (Phi) is 3.84. The van der Waals surface area contributed by atoms with Crippen molar-refractivity contribution in [1.82, 2.24) is 9.97 Å². The molecule has 0 aliphatic rings. The zero-order valence-corrected chi connectivity index (χ0v) is 8.01. The van der Waals surface area contributed by atoms with Crippen molar-refractivity contribution < 1.29 is 17.9 Å². The van der Waals surface area contributed by atoms with Gasteiger partial charge in [0.15, 0.2) is 0 Å². The molecule has 15 heavy (non-hydrogen) atoms. The Balaban J connectivity index is 2.57. The first-order valence-electron chi connectivity index (χ1n) is 4.16. The highest BCUT2D eigenvalue weighted by atomic mass is 19.4. The van der Waals surface area contributed by atoms with Crippen LogP contribution in [0, 0.1) is 0 Å². The molecule has 84 valence electrons. The third kappa shape index (κ3) is 3.70. The van der Waals surface area contributed by atoms with E-state index in [1.165, 1.54) is 7.11 Å². The Bertz CT molecular complexity index is 299. The zero-order chi connectivity index (χ0) is 11.3. The highest BCUT2D eigenvalue weighted by Crippen LogP contribution is 2.27. The normalized spacial score (nSPS) is 11.5. The molecule has 7 heteroatoms. The van der Waals surface area contributed by atoms with Gasteiger partial charge in [-0.05, 0) is 0 Å². The number of alkyl halides is 3. The topological polar surface area (TPSA) is 47.0 Å². The lowest BCUT2D eigenvalue weighted by Gasteiger charge is -2.07. The summed E-state index contributed by atoms with van der Waals surface area (Å²) in [5.41, 5.74) is -0.861. The molecule has 1 aromatic rings. The molecule has 0 aliphatic heterocycles. The van der Waals surface area contributed by atoms with Crippen LogP contribution in [0.5, 0.6) is 0 Å². The maximum atomic E-state index is 12.1. The van der Waals surface area contributed by atoms with Gasteiger partial charge in [-0.3, -0.25) is 0 Å². The van der Waals surface area contributed by atoms with E-state index < -0.39 is 11.7 Å². The minimum Gasteiger partial charge on any atom is -0.383 e. The van der Waals surface area contributed by atoms with Gasteiger partial charge in [0.1, 0.15) is 0 Å². The van der Waals surface area contributed by atoms with Crippen LogP contribution in [0.15, 0.2) is 12.4 Å². The molecular weight excluding hydrogens is 211 g/mol. The molecule has 1 heterocycles. The summed E-state index contributed by atoms with van der Waals surface area (Å²) < 4.78 is 41.1. The van der Waals surface area contributed by atoms with Crippen molar-refractivity contribution >= 4 is 5.95 Å². The Labute approximate surface area is 84.5 Å². The number of hydrogen-bond donors (Lipinski definition) is 1. The van der Waals surface area contributed by atoms with E-state index in [1.54, 1.807) is 0 Å². The van der Waals surface area contributed by atoms with Crippen LogP contribution in [-0.2, 0) is 10.9 Å². The highest BCUT2D eigenvalue weighted by molar-refractivity contribution is 5.25. The summed E-state index contributed by atoms with van der Waals surface area (Å²) >= 11 is 0. The van der Waals surface area contributed by atoms with Crippen molar-refractivity contribution in [3.8, 4) is 0 Å². The smallest absolute Gasteiger partial charge is 0.383 e. The second-order valence-corrected chi connectivity index (χ2v) is 2.71. The molecule has 0 aliphatic carbocycles. The summed E-state index contributed by atoms with van der Waals surface area (Å²) in [6.45, 7) is 0.881. The van der Waals surface area contributed by atoms with E-state index in [-0.39, 0.29) is 5.95 Å². The summed E-state index contributed by atoms with van der Waals surface area (Å²) in [5.74, 6) is 0.153. The van der Waals surface area contributed by atoms with Crippen molar-refractivity contribution in [1.29, 1.82) is 0 Å². The monoisotopic (exact) mass is 221 g/mol. The molecule has 0 atom stereocenters. The van der Waals surface area contributed by atoms with Crippen LogP contribution >= 0.6 is 0 Å². The number of hydrogen-bond acceptors (Lipinski definition) is 4. The number of anilines is 1. The Hall–Kier alpha value is -1.37. The minimum absolute atomic E-state index is 0.153. The molecule has 0 aromatic carbocycles. The Morgan fingerprint density at radius 3 is 2.40 bits per heavy atom. The van der Waals surface area contributed by atoms with Gasteiger partial charge in [-0.15, -0.1) is 0 Å². The van der Waals surface area contributed by atoms with Crippen molar-refractivity contribution in [3.05, 3.63) is 18.0 Å². The first kappa shape index (κ1) is 11.7. The molecule has 1 rings (SSSR count). The van der Waals surface area contributed by atoms with E-state index >= 15 is 0 Å². The molecular formula is C8H10F3N3O. The maximum absolute atomic E-state index is 12.1.